The molecule has 4 aromatic rings. The van der Waals surface area contributed by atoms with Gasteiger partial charge < -0.3 is 15.5 Å². The molecule has 6 nitrogen and oxygen atoms in total. The van der Waals surface area contributed by atoms with Crippen LogP contribution in [0.5, 0.6) is 0 Å². The highest BCUT2D eigenvalue weighted by atomic mass is 32.1. The Kier molecular flexibility index (Phi) is 7.67. The van der Waals surface area contributed by atoms with Crippen LogP contribution in [0.15, 0.2) is 72.8 Å². The van der Waals surface area contributed by atoms with Crippen LogP contribution in [0.1, 0.15) is 20.9 Å². The lowest BCUT2D eigenvalue weighted by molar-refractivity contribution is -0.120. The zero-order valence-electron chi connectivity index (χ0n) is 19.4. The van der Waals surface area contributed by atoms with Crippen LogP contribution in [-0.4, -0.2) is 48.9 Å². The number of rotatable bonds is 9. The number of hydrogen-bond acceptors (Lipinski definition) is 5. The molecule has 1 aromatic heterocycles. The molecular formula is C27H28N4O2S. The van der Waals surface area contributed by atoms with Crippen LogP contribution in [0, 0.1) is 0 Å². The fourth-order valence-corrected chi connectivity index (χ4v) is 4.58. The molecule has 2 N–H and O–H groups in total. The van der Waals surface area contributed by atoms with Gasteiger partial charge in [0.25, 0.3) is 5.91 Å². The fraction of sp³-hybridized carbons (Fsp3) is 0.222. The molecule has 0 atom stereocenters. The lowest BCUT2D eigenvalue weighted by Gasteiger charge is -2.11. The molecule has 174 valence electrons. The van der Waals surface area contributed by atoms with Crippen molar-refractivity contribution in [2.75, 3.05) is 27.2 Å². The van der Waals surface area contributed by atoms with Gasteiger partial charge in [-0.15, -0.1) is 11.3 Å². The highest BCUT2D eigenvalue weighted by Gasteiger charge is 2.11. The van der Waals surface area contributed by atoms with Gasteiger partial charge in [-0.2, -0.15) is 0 Å². The largest absolute Gasteiger partial charge is 0.352 e. The lowest BCUT2D eigenvalue weighted by Crippen LogP contribution is -2.31. The van der Waals surface area contributed by atoms with Crippen molar-refractivity contribution in [3.8, 4) is 11.1 Å². The summed E-state index contributed by atoms with van der Waals surface area (Å²) in [5, 5.41) is 6.63. The molecular weight excluding hydrogens is 444 g/mol. The number of amides is 2. The van der Waals surface area contributed by atoms with Crippen LogP contribution in [0.4, 0.5) is 0 Å². The summed E-state index contributed by atoms with van der Waals surface area (Å²) in [6, 6.07) is 23.7. The predicted octanol–water partition coefficient (Wildman–Crippen LogP) is 4.11. The number of hydrogen-bond donors (Lipinski definition) is 2. The summed E-state index contributed by atoms with van der Waals surface area (Å²) in [5.41, 5.74) is 4.67. The number of carbonyl (C=O) groups is 2. The van der Waals surface area contributed by atoms with E-state index in [-0.39, 0.29) is 18.2 Å². The zero-order chi connectivity index (χ0) is 23.9. The van der Waals surface area contributed by atoms with Crippen molar-refractivity contribution >= 4 is 33.4 Å². The van der Waals surface area contributed by atoms with Crippen molar-refractivity contribution in [3.05, 3.63) is 88.9 Å². The molecule has 0 aliphatic rings. The van der Waals surface area contributed by atoms with E-state index < -0.39 is 0 Å². The van der Waals surface area contributed by atoms with E-state index in [9.17, 15) is 9.59 Å². The number of thiazole rings is 1. The van der Waals surface area contributed by atoms with Gasteiger partial charge in [-0.1, -0.05) is 48.5 Å². The van der Waals surface area contributed by atoms with Crippen LogP contribution in [0.3, 0.4) is 0 Å². The van der Waals surface area contributed by atoms with Crippen LogP contribution >= 0.6 is 11.3 Å². The fourth-order valence-electron chi connectivity index (χ4n) is 3.58. The third-order valence-corrected chi connectivity index (χ3v) is 6.39. The zero-order valence-corrected chi connectivity index (χ0v) is 20.2. The highest BCUT2D eigenvalue weighted by Crippen LogP contribution is 2.28. The monoisotopic (exact) mass is 472 g/mol. The van der Waals surface area contributed by atoms with Crippen LogP contribution in [0.2, 0.25) is 0 Å². The van der Waals surface area contributed by atoms with Gasteiger partial charge in [-0.3, -0.25) is 9.59 Å². The third-order valence-electron chi connectivity index (χ3n) is 5.38. The summed E-state index contributed by atoms with van der Waals surface area (Å²) in [5.74, 6) is -0.206. The van der Waals surface area contributed by atoms with E-state index in [1.165, 1.54) is 0 Å². The van der Waals surface area contributed by atoms with Gasteiger partial charge in [0, 0.05) is 25.2 Å². The second-order valence-corrected chi connectivity index (χ2v) is 9.48. The lowest BCUT2D eigenvalue weighted by atomic mass is 10.1. The van der Waals surface area contributed by atoms with Crippen molar-refractivity contribution in [3.63, 3.8) is 0 Å². The second-order valence-electron chi connectivity index (χ2n) is 8.37. The molecule has 0 unspecified atom stereocenters. The van der Waals surface area contributed by atoms with Crippen LogP contribution in [-0.2, 0) is 17.8 Å². The Hall–Kier alpha value is -3.55. The van der Waals surface area contributed by atoms with Crippen molar-refractivity contribution in [1.82, 2.24) is 20.5 Å². The van der Waals surface area contributed by atoms with Crippen molar-refractivity contribution in [2.45, 2.75) is 13.0 Å². The molecule has 0 aliphatic heterocycles. The topological polar surface area (TPSA) is 74.3 Å². The maximum atomic E-state index is 12.5. The summed E-state index contributed by atoms with van der Waals surface area (Å²) in [4.78, 5) is 31.5. The molecule has 0 fully saturated rings. The predicted molar refractivity (Wildman–Crippen MR) is 138 cm³/mol. The average molecular weight is 473 g/mol. The van der Waals surface area contributed by atoms with E-state index in [4.69, 9.17) is 0 Å². The Labute approximate surface area is 203 Å². The first kappa shape index (κ1) is 23.6. The minimum atomic E-state index is -0.112. The normalized spacial score (nSPS) is 11.0. The van der Waals surface area contributed by atoms with Crippen LogP contribution in [0.25, 0.3) is 21.3 Å². The minimum Gasteiger partial charge on any atom is -0.352 e. The molecule has 0 spiro atoms. The van der Waals surface area contributed by atoms with Gasteiger partial charge in [0.05, 0.1) is 16.6 Å². The molecule has 1 heterocycles. The Morgan fingerprint density at radius 3 is 2.53 bits per heavy atom. The van der Waals surface area contributed by atoms with Gasteiger partial charge >= 0.3 is 0 Å². The van der Waals surface area contributed by atoms with Crippen molar-refractivity contribution in [2.24, 2.45) is 0 Å². The number of carbonyl (C=O) groups excluding carboxylic acids is 2. The van der Waals surface area contributed by atoms with Gasteiger partial charge in [0.2, 0.25) is 5.91 Å². The molecule has 7 heteroatoms. The van der Waals surface area contributed by atoms with Gasteiger partial charge in [-0.25, -0.2) is 4.98 Å². The maximum Gasteiger partial charge on any atom is 0.251 e. The van der Waals surface area contributed by atoms with Gasteiger partial charge in [0.15, 0.2) is 0 Å². The third kappa shape index (κ3) is 6.27. The van der Waals surface area contributed by atoms with Crippen molar-refractivity contribution in [1.29, 1.82) is 0 Å². The van der Waals surface area contributed by atoms with Gasteiger partial charge in [0.1, 0.15) is 5.01 Å². The molecule has 0 saturated carbocycles. The summed E-state index contributed by atoms with van der Waals surface area (Å²) < 4.78 is 1.07. The Balaban J connectivity index is 1.34. The average Bonchev–Trinajstić information content (AvgIpc) is 3.24. The Morgan fingerprint density at radius 1 is 0.912 bits per heavy atom. The number of nitrogens with zero attached hydrogens (tertiary/aromatic N) is 2. The first-order valence-electron chi connectivity index (χ1n) is 11.2. The van der Waals surface area contributed by atoms with Gasteiger partial charge in [-0.05, 0) is 55.1 Å². The second kappa shape index (κ2) is 11.0. The van der Waals surface area contributed by atoms with E-state index in [0.29, 0.717) is 18.7 Å². The standard InChI is InChI=1S/C27H28N4O2S/c1-31(2)14-13-28-27(33)22-10-6-7-19(15-22)18-29-25(32)17-26-30-23-12-11-21(16-24(23)34-26)20-8-4-3-5-9-20/h3-12,15-16H,13-14,17-18H2,1-2H3,(H,28,33)(H,29,32). The number of benzene rings is 3. The molecule has 0 aliphatic carbocycles. The molecule has 4 rings (SSSR count). The maximum absolute atomic E-state index is 12.5. The van der Waals surface area contributed by atoms with E-state index in [0.717, 1.165) is 38.5 Å². The smallest absolute Gasteiger partial charge is 0.251 e. The number of nitrogens with one attached hydrogen (secondary N) is 2. The molecule has 2 amide bonds. The van der Waals surface area contributed by atoms with E-state index in [1.807, 2.05) is 61.5 Å². The molecule has 0 radical (unpaired) electrons. The van der Waals surface area contributed by atoms with E-state index in [2.05, 4.69) is 39.9 Å². The first-order chi connectivity index (χ1) is 16.5. The number of likely N-dealkylation sites (N-methyl/N-ethyl adjacent to an activating group) is 1. The van der Waals surface area contributed by atoms with Crippen LogP contribution < -0.4 is 10.6 Å². The van der Waals surface area contributed by atoms with Crippen molar-refractivity contribution < 1.29 is 9.59 Å². The molecule has 34 heavy (non-hydrogen) atoms. The Bertz CT molecular complexity index is 1280. The Morgan fingerprint density at radius 2 is 1.74 bits per heavy atom. The molecule has 0 saturated heterocycles. The summed E-state index contributed by atoms with van der Waals surface area (Å²) in [7, 11) is 3.93. The molecule has 3 aromatic carbocycles. The summed E-state index contributed by atoms with van der Waals surface area (Å²) in [6.45, 7) is 1.73. The van der Waals surface area contributed by atoms with E-state index in [1.54, 1.807) is 17.4 Å². The SMILES string of the molecule is CN(C)CCNC(=O)c1cccc(CNC(=O)Cc2nc3ccc(-c4ccccc4)cc3s2)c1. The summed E-state index contributed by atoms with van der Waals surface area (Å²) in [6.07, 6.45) is 0.227. The number of fused-ring (bicyclic) bond motifs is 1. The van der Waals surface area contributed by atoms with E-state index >= 15 is 0 Å². The molecule has 0 bridgehead atoms. The quantitative estimate of drug-likeness (QED) is 0.384. The number of aromatic nitrogens is 1. The summed E-state index contributed by atoms with van der Waals surface area (Å²) >= 11 is 1.54. The first-order valence-corrected chi connectivity index (χ1v) is 12.0. The highest BCUT2D eigenvalue weighted by molar-refractivity contribution is 7.18. The minimum absolute atomic E-state index is 0.0943.